The zero-order chi connectivity index (χ0) is 14.7. The first-order valence-corrected chi connectivity index (χ1v) is 6.87. The summed E-state index contributed by atoms with van der Waals surface area (Å²) in [5.74, 6) is 0.776. The van der Waals surface area contributed by atoms with Crippen molar-refractivity contribution in [3.8, 4) is 5.75 Å². The van der Waals surface area contributed by atoms with Gasteiger partial charge in [0.1, 0.15) is 23.0 Å². The van der Waals surface area contributed by atoms with Crippen LogP contribution in [0.4, 0.5) is 0 Å². The quantitative estimate of drug-likeness (QED) is 0.750. The zero-order valence-electron chi connectivity index (χ0n) is 11.2. The van der Waals surface area contributed by atoms with Gasteiger partial charge >= 0.3 is 0 Å². The molecule has 0 aliphatic rings. The van der Waals surface area contributed by atoms with Crippen molar-refractivity contribution >= 4 is 28.1 Å². The molecule has 0 aliphatic carbocycles. The first-order valence-electron chi connectivity index (χ1n) is 6.46. The highest BCUT2D eigenvalue weighted by molar-refractivity contribution is 7.80. The Bertz CT molecular complexity index is 799. The lowest BCUT2D eigenvalue weighted by molar-refractivity contribution is 0.309. The van der Waals surface area contributed by atoms with E-state index in [4.69, 9.17) is 22.7 Å². The van der Waals surface area contributed by atoms with E-state index in [0.717, 1.165) is 22.2 Å². The van der Waals surface area contributed by atoms with Gasteiger partial charge in [0.25, 0.3) is 0 Å². The van der Waals surface area contributed by atoms with Gasteiger partial charge in [-0.1, -0.05) is 24.4 Å². The van der Waals surface area contributed by atoms with Crippen molar-refractivity contribution in [2.24, 2.45) is 5.73 Å². The number of aromatic nitrogens is 2. The number of fused-ring (bicyclic) bond motifs is 1. The molecule has 0 saturated carbocycles. The molecule has 2 aromatic heterocycles. The molecule has 0 fully saturated rings. The maximum absolute atomic E-state index is 5.90. The Morgan fingerprint density at radius 1 is 1.05 bits per heavy atom. The lowest BCUT2D eigenvalue weighted by Crippen LogP contribution is -2.15. The summed E-state index contributed by atoms with van der Waals surface area (Å²) in [6, 6.07) is 13.4. The van der Waals surface area contributed by atoms with Crippen LogP contribution in [0.5, 0.6) is 5.75 Å². The normalized spacial score (nSPS) is 10.5. The number of rotatable bonds is 4. The summed E-state index contributed by atoms with van der Waals surface area (Å²) < 4.78 is 5.90. The molecule has 3 aromatic rings. The van der Waals surface area contributed by atoms with Crippen LogP contribution in [0.1, 0.15) is 11.3 Å². The predicted molar refractivity (Wildman–Crippen MR) is 86.2 cm³/mol. The highest BCUT2D eigenvalue weighted by Crippen LogP contribution is 2.24. The van der Waals surface area contributed by atoms with Crippen LogP contribution in [0.3, 0.4) is 0 Å². The van der Waals surface area contributed by atoms with Crippen LogP contribution in [0.25, 0.3) is 10.9 Å². The molecule has 0 amide bonds. The summed E-state index contributed by atoms with van der Waals surface area (Å²) in [4.78, 5) is 8.78. The molecule has 0 bridgehead atoms. The van der Waals surface area contributed by atoms with Crippen molar-refractivity contribution in [1.82, 2.24) is 9.97 Å². The molecule has 5 heteroatoms. The van der Waals surface area contributed by atoms with E-state index in [1.807, 2.05) is 42.5 Å². The zero-order valence-corrected chi connectivity index (χ0v) is 12.0. The molecular weight excluding hydrogens is 282 g/mol. The van der Waals surface area contributed by atoms with Crippen LogP contribution in [0, 0.1) is 0 Å². The number of nitrogens with two attached hydrogens (primary N) is 1. The minimum absolute atomic E-state index is 0.272. The topological polar surface area (TPSA) is 61.0 Å². The third-order valence-corrected chi connectivity index (χ3v) is 3.31. The van der Waals surface area contributed by atoms with Crippen molar-refractivity contribution in [2.75, 3.05) is 0 Å². The van der Waals surface area contributed by atoms with Crippen molar-refractivity contribution in [2.45, 2.75) is 6.61 Å². The average molecular weight is 295 g/mol. The molecule has 2 N–H and O–H groups in total. The number of hydrogen-bond acceptors (Lipinski definition) is 4. The lowest BCUT2D eigenvalue weighted by Gasteiger charge is -2.11. The fourth-order valence-corrected chi connectivity index (χ4v) is 2.32. The third kappa shape index (κ3) is 2.83. The van der Waals surface area contributed by atoms with Crippen molar-refractivity contribution < 1.29 is 4.74 Å². The number of thiocarbonyl (C=S) groups is 1. The maximum Gasteiger partial charge on any atom is 0.129 e. The van der Waals surface area contributed by atoms with E-state index in [-0.39, 0.29) is 4.99 Å². The van der Waals surface area contributed by atoms with Gasteiger partial charge in [0.2, 0.25) is 0 Å². The molecule has 0 aliphatic heterocycles. The van der Waals surface area contributed by atoms with Gasteiger partial charge in [-0.05, 0) is 30.3 Å². The summed E-state index contributed by atoms with van der Waals surface area (Å²) in [6.07, 6.45) is 3.43. The lowest BCUT2D eigenvalue weighted by atomic mass is 10.2. The van der Waals surface area contributed by atoms with Crippen LogP contribution in [-0.4, -0.2) is 15.0 Å². The predicted octanol–water partition coefficient (Wildman–Crippen LogP) is 2.84. The van der Waals surface area contributed by atoms with Crippen LogP contribution in [0.15, 0.2) is 54.9 Å². The average Bonchev–Trinajstić information content (AvgIpc) is 2.53. The van der Waals surface area contributed by atoms with E-state index in [2.05, 4.69) is 9.97 Å². The van der Waals surface area contributed by atoms with Crippen molar-refractivity contribution in [3.05, 3.63) is 66.1 Å². The van der Waals surface area contributed by atoms with Gasteiger partial charge in [-0.15, -0.1) is 0 Å². The molecular formula is C16H13N3OS. The summed E-state index contributed by atoms with van der Waals surface area (Å²) >= 11 is 5.01. The molecule has 2 heterocycles. The monoisotopic (exact) mass is 295 g/mol. The standard InChI is InChI=1S/C16H13N3OS/c17-16(21)15-11(4-2-9-19-15)10-20-14-7-1-6-13-12(14)5-3-8-18-13/h1-9H,10H2,(H2,17,21). The van der Waals surface area contributed by atoms with E-state index in [1.54, 1.807) is 12.4 Å². The molecule has 0 radical (unpaired) electrons. The molecule has 21 heavy (non-hydrogen) atoms. The van der Waals surface area contributed by atoms with Gasteiger partial charge in [0, 0.05) is 23.3 Å². The number of nitrogens with zero attached hydrogens (tertiary/aromatic N) is 2. The summed E-state index contributed by atoms with van der Waals surface area (Å²) in [7, 11) is 0. The number of hydrogen-bond donors (Lipinski definition) is 1. The first kappa shape index (κ1) is 13.5. The smallest absolute Gasteiger partial charge is 0.129 e. The molecule has 0 spiro atoms. The Hall–Kier alpha value is -2.53. The van der Waals surface area contributed by atoms with Crippen molar-refractivity contribution in [3.63, 3.8) is 0 Å². The summed E-state index contributed by atoms with van der Waals surface area (Å²) in [6.45, 7) is 0.356. The van der Waals surface area contributed by atoms with Crippen LogP contribution < -0.4 is 10.5 Å². The second-order valence-electron chi connectivity index (χ2n) is 4.49. The second kappa shape index (κ2) is 5.85. The molecule has 0 atom stereocenters. The molecule has 4 nitrogen and oxygen atoms in total. The first-order chi connectivity index (χ1) is 10.3. The van der Waals surface area contributed by atoms with Gasteiger partial charge in [-0.2, -0.15) is 0 Å². The second-order valence-corrected chi connectivity index (χ2v) is 4.93. The highest BCUT2D eigenvalue weighted by atomic mass is 32.1. The number of benzene rings is 1. The Kier molecular flexibility index (Phi) is 3.75. The van der Waals surface area contributed by atoms with E-state index < -0.39 is 0 Å². The number of pyridine rings is 2. The maximum atomic E-state index is 5.90. The summed E-state index contributed by atoms with van der Waals surface area (Å²) in [5, 5.41) is 0.973. The van der Waals surface area contributed by atoms with E-state index in [9.17, 15) is 0 Å². The Balaban J connectivity index is 1.89. The SMILES string of the molecule is NC(=S)c1ncccc1COc1cccc2ncccc12. The van der Waals surface area contributed by atoms with Gasteiger partial charge in [-0.25, -0.2) is 0 Å². The molecule has 3 rings (SSSR count). The van der Waals surface area contributed by atoms with E-state index in [0.29, 0.717) is 12.3 Å². The molecule has 104 valence electrons. The molecule has 0 unspecified atom stereocenters. The van der Waals surface area contributed by atoms with E-state index in [1.165, 1.54) is 0 Å². The Morgan fingerprint density at radius 3 is 2.71 bits per heavy atom. The van der Waals surface area contributed by atoms with Crippen LogP contribution in [0.2, 0.25) is 0 Å². The molecule has 0 saturated heterocycles. The largest absolute Gasteiger partial charge is 0.488 e. The third-order valence-electron chi connectivity index (χ3n) is 3.11. The highest BCUT2D eigenvalue weighted by Gasteiger charge is 2.08. The fourth-order valence-electron chi connectivity index (χ4n) is 2.13. The summed E-state index contributed by atoms with van der Waals surface area (Å²) in [5.41, 5.74) is 8.05. The van der Waals surface area contributed by atoms with Crippen LogP contribution >= 0.6 is 12.2 Å². The molecule has 1 aromatic carbocycles. The van der Waals surface area contributed by atoms with Gasteiger partial charge in [0.05, 0.1) is 5.52 Å². The van der Waals surface area contributed by atoms with E-state index >= 15 is 0 Å². The van der Waals surface area contributed by atoms with Gasteiger partial charge in [0.15, 0.2) is 0 Å². The van der Waals surface area contributed by atoms with Crippen LogP contribution in [-0.2, 0) is 6.61 Å². The fraction of sp³-hybridized carbons (Fsp3) is 0.0625. The Morgan fingerprint density at radius 2 is 1.86 bits per heavy atom. The Labute approximate surface area is 127 Å². The minimum atomic E-state index is 0.272. The minimum Gasteiger partial charge on any atom is -0.488 e. The van der Waals surface area contributed by atoms with Gasteiger partial charge in [-0.3, -0.25) is 9.97 Å². The van der Waals surface area contributed by atoms with Crippen molar-refractivity contribution in [1.29, 1.82) is 0 Å². The van der Waals surface area contributed by atoms with Gasteiger partial charge < -0.3 is 10.5 Å². The number of ether oxygens (including phenoxy) is 1.